The van der Waals surface area contributed by atoms with Gasteiger partial charge in [0.05, 0.1) is 0 Å². The Hall–Kier alpha value is -0.770. The molecule has 2 N–H and O–H groups in total. The lowest BCUT2D eigenvalue weighted by atomic mass is 10.0. The third kappa shape index (κ3) is 3.16. The summed E-state index contributed by atoms with van der Waals surface area (Å²) in [5.74, 6) is 0. The van der Waals surface area contributed by atoms with E-state index >= 15 is 0 Å². The van der Waals surface area contributed by atoms with E-state index in [4.69, 9.17) is 17.3 Å². The van der Waals surface area contributed by atoms with Crippen LogP contribution in [0.2, 0.25) is 5.02 Å². The van der Waals surface area contributed by atoms with Crippen LogP contribution >= 0.6 is 11.6 Å². The fourth-order valence-corrected chi connectivity index (χ4v) is 2.80. The van der Waals surface area contributed by atoms with Crippen molar-refractivity contribution < 1.29 is 0 Å². The quantitative estimate of drug-likeness (QED) is 0.854. The minimum absolute atomic E-state index is 0.636. The number of nitrogen functional groups attached to an aromatic ring is 1. The molecule has 2 rings (SSSR count). The predicted molar refractivity (Wildman–Crippen MR) is 77.9 cm³/mol. The molecule has 1 aliphatic heterocycles. The standard InChI is InChI=1S/C14H22ClN3/c1-17-8-6-11(7-9-17)18(2)10-12-13(15)4-3-5-14(12)16/h3-5,11H,6-10,16H2,1-2H3. The van der Waals surface area contributed by atoms with Crippen LogP contribution in [0.1, 0.15) is 18.4 Å². The Kier molecular flexibility index (Phi) is 4.49. The summed E-state index contributed by atoms with van der Waals surface area (Å²) in [7, 11) is 4.35. The molecule has 0 saturated carbocycles. The second kappa shape index (κ2) is 5.91. The van der Waals surface area contributed by atoms with Crippen LogP contribution in [-0.4, -0.2) is 43.0 Å². The topological polar surface area (TPSA) is 32.5 Å². The lowest BCUT2D eigenvalue weighted by Crippen LogP contribution is -2.41. The van der Waals surface area contributed by atoms with E-state index in [9.17, 15) is 0 Å². The number of likely N-dealkylation sites (tertiary alicyclic amines) is 1. The number of rotatable bonds is 3. The van der Waals surface area contributed by atoms with Crippen molar-refractivity contribution in [3.05, 3.63) is 28.8 Å². The van der Waals surface area contributed by atoms with Crippen molar-refractivity contribution in [3.63, 3.8) is 0 Å². The molecule has 0 radical (unpaired) electrons. The van der Waals surface area contributed by atoms with E-state index in [0.717, 1.165) is 22.8 Å². The van der Waals surface area contributed by atoms with E-state index in [1.807, 2.05) is 18.2 Å². The molecule has 1 aliphatic rings. The molecular formula is C14H22ClN3. The van der Waals surface area contributed by atoms with Crippen molar-refractivity contribution in [1.29, 1.82) is 0 Å². The highest BCUT2D eigenvalue weighted by atomic mass is 35.5. The molecule has 18 heavy (non-hydrogen) atoms. The summed E-state index contributed by atoms with van der Waals surface area (Å²) in [6, 6.07) is 6.37. The maximum absolute atomic E-state index is 6.22. The van der Waals surface area contributed by atoms with Gasteiger partial charge in [0.1, 0.15) is 0 Å². The highest BCUT2D eigenvalue weighted by Crippen LogP contribution is 2.25. The summed E-state index contributed by atoms with van der Waals surface area (Å²) < 4.78 is 0. The minimum Gasteiger partial charge on any atom is -0.398 e. The molecule has 1 saturated heterocycles. The molecule has 0 atom stereocenters. The Bertz CT molecular complexity index is 380. The first-order chi connectivity index (χ1) is 8.58. The highest BCUT2D eigenvalue weighted by molar-refractivity contribution is 6.31. The maximum atomic E-state index is 6.22. The molecular weight excluding hydrogens is 246 g/mol. The molecule has 4 heteroatoms. The Labute approximate surface area is 115 Å². The van der Waals surface area contributed by atoms with Gasteiger partial charge in [0.15, 0.2) is 0 Å². The zero-order valence-corrected chi connectivity index (χ0v) is 12.0. The van der Waals surface area contributed by atoms with E-state index < -0.39 is 0 Å². The van der Waals surface area contributed by atoms with Gasteiger partial charge in [-0.05, 0) is 52.2 Å². The van der Waals surface area contributed by atoms with Gasteiger partial charge in [0.2, 0.25) is 0 Å². The SMILES string of the molecule is CN1CCC(N(C)Cc2c(N)cccc2Cl)CC1. The first-order valence-corrected chi connectivity index (χ1v) is 6.87. The van der Waals surface area contributed by atoms with Crippen molar-refractivity contribution >= 4 is 17.3 Å². The van der Waals surface area contributed by atoms with Gasteiger partial charge in [-0.3, -0.25) is 4.90 Å². The monoisotopic (exact) mass is 267 g/mol. The van der Waals surface area contributed by atoms with Crippen LogP contribution < -0.4 is 5.73 Å². The van der Waals surface area contributed by atoms with Crippen LogP contribution in [0.4, 0.5) is 5.69 Å². The average Bonchev–Trinajstić information content (AvgIpc) is 2.34. The molecule has 1 aromatic rings. The minimum atomic E-state index is 0.636. The van der Waals surface area contributed by atoms with Gasteiger partial charge in [0, 0.05) is 28.9 Å². The molecule has 1 aromatic carbocycles. The molecule has 0 spiro atoms. The van der Waals surface area contributed by atoms with E-state index in [2.05, 4.69) is 23.9 Å². The second-order valence-corrected chi connectivity index (χ2v) is 5.66. The average molecular weight is 268 g/mol. The van der Waals surface area contributed by atoms with Crippen LogP contribution in [0.5, 0.6) is 0 Å². The number of hydrogen-bond donors (Lipinski definition) is 1. The molecule has 1 heterocycles. The van der Waals surface area contributed by atoms with E-state index in [1.54, 1.807) is 0 Å². The number of hydrogen-bond acceptors (Lipinski definition) is 3. The lowest BCUT2D eigenvalue weighted by Gasteiger charge is -2.35. The lowest BCUT2D eigenvalue weighted by molar-refractivity contribution is 0.139. The number of halogens is 1. The van der Waals surface area contributed by atoms with E-state index in [0.29, 0.717) is 6.04 Å². The number of benzene rings is 1. The first kappa shape index (κ1) is 13.7. The summed E-state index contributed by atoms with van der Waals surface area (Å²) in [6.45, 7) is 3.18. The Morgan fingerprint density at radius 1 is 1.39 bits per heavy atom. The zero-order valence-electron chi connectivity index (χ0n) is 11.2. The van der Waals surface area contributed by atoms with Crippen molar-refractivity contribution in [1.82, 2.24) is 9.80 Å². The van der Waals surface area contributed by atoms with Crippen LogP contribution in [0.15, 0.2) is 18.2 Å². The molecule has 0 bridgehead atoms. The Balaban J connectivity index is 2.00. The first-order valence-electron chi connectivity index (χ1n) is 6.49. The number of nitrogens with two attached hydrogens (primary N) is 1. The molecule has 3 nitrogen and oxygen atoms in total. The van der Waals surface area contributed by atoms with Crippen molar-refractivity contribution in [2.45, 2.75) is 25.4 Å². The summed E-state index contributed by atoms with van der Waals surface area (Å²) in [4.78, 5) is 4.76. The summed E-state index contributed by atoms with van der Waals surface area (Å²) in [5, 5.41) is 0.773. The normalized spacial score (nSPS) is 18.4. The van der Waals surface area contributed by atoms with Crippen molar-refractivity contribution in [3.8, 4) is 0 Å². The largest absolute Gasteiger partial charge is 0.398 e. The summed E-state index contributed by atoms with van der Waals surface area (Å²) in [6.07, 6.45) is 2.44. The third-order valence-corrected chi connectivity index (χ3v) is 4.23. The molecule has 0 aromatic heterocycles. The van der Waals surface area contributed by atoms with Gasteiger partial charge in [-0.25, -0.2) is 0 Å². The summed E-state index contributed by atoms with van der Waals surface area (Å²) >= 11 is 6.22. The molecule has 0 aliphatic carbocycles. The van der Waals surface area contributed by atoms with Crippen LogP contribution in [-0.2, 0) is 6.54 Å². The van der Waals surface area contributed by atoms with Gasteiger partial charge in [-0.1, -0.05) is 17.7 Å². The van der Waals surface area contributed by atoms with Crippen LogP contribution in [0.25, 0.3) is 0 Å². The van der Waals surface area contributed by atoms with Gasteiger partial charge in [-0.2, -0.15) is 0 Å². The van der Waals surface area contributed by atoms with Crippen LogP contribution in [0, 0.1) is 0 Å². The number of piperidine rings is 1. The van der Waals surface area contributed by atoms with Crippen LogP contribution in [0.3, 0.4) is 0 Å². The molecule has 0 unspecified atom stereocenters. The fraction of sp³-hybridized carbons (Fsp3) is 0.571. The Morgan fingerprint density at radius 3 is 2.67 bits per heavy atom. The smallest absolute Gasteiger partial charge is 0.0471 e. The Morgan fingerprint density at radius 2 is 2.06 bits per heavy atom. The van der Waals surface area contributed by atoms with Crippen molar-refractivity contribution in [2.24, 2.45) is 0 Å². The van der Waals surface area contributed by atoms with E-state index in [-0.39, 0.29) is 0 Å². The summed E-state index contributed by atoms with van der Waals surface area (Å²) in [5.41, 5.74) is 7.85. The second-order valence-electron chi connectivity index (χ2n) is 5.26. The molecule has 1 fully saturated rings. The molecule has 100 valence electrons. The van der Waals surface area contributed by atoms with Gasteiger partial charge < -0.3 is 10.6 Å². The third-order valence-electron chi connectivity index (χ3n) is 3.87. The van der Waals surface area contributed by atoms with E-state index in [1.165, 1.54) is 25.9 Å². The van der Waals surface area contributed by atoms with Crippen molar-refractivity contribution in [2.75, 3.05) is 32.9 Å². The number of nitrogens with zero attached hydrogens (tertiary/aromatic N) is 2. The van der Waals surface area contributed by atoms with Gasteiger partial charge in [0.25, 0.3) is 0 Å². The zero-order chi connectivity index (χ0) is 13.1. The van der Waals surface area contributed by atoms with Gasteiger partial charge in [-0.15, -0.1) is 0 Å². The highest BCUT2D eigenvalue weighted by Gasteiger charge is 2.21. The molecule has 0 amide bonds. The predicted octanol–water partition coefficient (Wildman–Crippen LogP) is 2.45. The maximum Gasteiger partial charge on any atom is 0.0471 e. The number of anilines is 1. The van der Waals surface area contributed by atoms with Gasteiger partial charge >= 0.3 is 0 Å². The fourth-order valence-electron chi connectivity index (χ4n) is 2.56.